The maximum atomic E-state index is 12.7. The molecule has 170 valence electrons. The number of amides is 1. The van der Waals surface area contributed by atoms with E-state index in [4.69, 9.17) is 0 Å². The highest BCUT2D eigenvalue weighted by atomic mass is 19.4. The fourth-order valence-electron chi connectivity index (χ4n) is 3.91. The number of rotatable bonds is 6. The molecule has 1 N–H and O–H groups in total. The number of fused-ring (bicyclic) bond motifs is 1. The SMILES string of the molecule is CC(CCCn1cc2c(n1)CN(c1ncc(C(F)(F)F)cn1)C2)N(C(=O)O)C(C)(C)C. The highest BCUT2D eigenvalue weighted by Crippen LogP contribution is 2.30. The van der Waals surface area contributed by atoms with Gasteiger partial charge >= 0.3 is 12.3 Å². The Labute approximate surface area is 178 Å². The fraction of sp³-hybridized carbons (Fsp3) is 0.600. The van der Waals surface area contributed by atoms with Gasteiger partial charge in [-0.05, 0) is 40.5 Å². The van der Waals surface area contributed by atoms with Gasteiger partial charge in [0, 0.05) is 48.8 Å². The summed E-state index contributed by atoms with van der Waals surface area (Å²) in [4.78, 5) is 22.5. The summed E-state index contributed by atoms with van der Waals surface area (Å²) >= 11 is 0. The second-order valence-electron chi connectivity index (χ2n) is 8.80. The van der Waals surface area contributed by atoms with Crippen molar-refractivity contribution in [2.75, 3.05) is 4.90 Å². The standard InChI is InChI=1S/C20H27F3N6O2/c1-13(29(18(30)31)19(2,3)4)6-5-7-28-11-14-10-27(12-16(14)26-28)17-24-8-15(9-25-17)20(21,22)23/h8-9,11,13H,5-7,10,12H2,1-4H3,(H,30,31). The largest absolute Gasteiger partial charge is 0.465 e. The molecule has 0 aromatic carbocycles. The molecular formula is C20H27F3N6O2. The lowest BCUT2D eigenvalue weighted by Crippen LogP contribution is -2.50. The van der Waals surface area contributed by atoms with Crippen LogP contribution in [0.15, 0.2) is 18.6 Å². The Bertz CT molecular complexity index is 897. The summed E-state index contributed by atoms with van der Waals surface area (Å²) in [7, 11) is 0. The van der Waals surface area contributed by atoms with Crippen LogP contribution >= 0.6 is 0 Å². The summed E-state index contributed by atoms with van der Waals surface area (Å²) in [5.41, 5.74) is 0.486. The molecule has 1 unspecified atom stereocenters. The van der Waals surface area contributed by atoms with E-state index in [2.05, 4.69) is 15.1 Å². The Morgan fingerprint density at radius 1 is 1.23 bits per heavy atom. The van der Waals surface area contributed by atoms with Crippen LogP contribution in [0.4, 0.5) is 23.9 Å². The summed E-state index contributed by atoms with van der Waals surface area (Å²) < 4.78 is 39.8. The van der Waals surface area contributed by atoms with E-state index in [1.807, 2.05) is 38.6 Å². The predicted octanol–water partition coefficient (Wildman–Crippen LogP) is 4.16. The van der Waals surface area contributed by atoms with Gasteiger partial charge in [0.05, 0.1) is 17.8 Å². The minimum atomic E-state index is -4.46. The van der Waals surface area contributed by atoms with Gasteiger partial charge < -0.3 is 14.9 Å². The van der Waals surface area contributed by atoms with Crippen LogP contribution in [0.5, 0.6) is 0 Å². The van der Waals surface area contributed by atoms with E-state index in [0.29, 0.717) is 26.1 Å². The zero-order valence-corrected chi connectivity index (χ0v) is 18.0. The number of aryl methyl sites for hydroxylation is 1. The average Bonchev–Trinajstić information content (AvgIpc) is 3.18. The quantitative estimate of drug-likeness (QED) is 0.726. The second-order valence-corrected chi connectivity index (χ2v) is 8.80. The summed E-state index contributed by atoms with van der Waals surface area (Å²) in [6.07, 6.45) is -0.408. The zero-order chi connectivity index (χ0) is 23.0. The fourth-order valence-corrected chi connectivity index (χ4v) is 3.91. The highest BCUT2D eigenvalue weighted by molar-refractivity contribution is 5.66. The summed E-state index contributed by atoms with van der Waals surface area (Å²) in [6, 6.07) is -0.118. The Morgan fingerprint density at radius 2 is 1.87 bits per heavy atom. The zero-order valence-electron chi connectivity index (χ0n) is 18.0. The first-order chi connectivity index (χ1) is 14.4. The minimum Gasteiger partial charge on any atom is -0.465 e. The van der Waals surface area contributed by atoms with Crippen molar-refractivity contribution in [2.24, 2.45) is 0 Å². The van der Waals surface area contributed by atoms with E-state index in [1.54, 1.807) is 4.90 Å². The smallest absolute Gasteiger partial charge is 0.419 e. The molecule has 0 aliphatic carbocycles. The molecule has 0 fully saturated rings. The number of aromatic nitrogens is 4. The summed E-state index contributed by atoms with van der Waals surface area (Å²) in [5, 5.41) is 14.0. The van der Waals surface area contributed by atoms with Crippen molar-refractivity contribution in [3.05, 3.63) is 35.4 Å². The van der Waals surface area contributed by atoms with Crippen molar-refractivity contribution >= 4 is 12.0 Å². The normalized spacial score (nSPS) is 15.1. The molecule has 0 radical (unpaired) electrons. The molecule has 0 saturated heterocycles. The van der Waals surface area contributed by atoms with E-state index >= 15 is 0 Å². The van der Waals surface area contributed by atoms with Gasteiger partial charge in [-0.15, -0.1) is 0 Å². The monoisotopic (exact) mass is 440 g/mol. The third-order valence-corrected chi connectivity index (χ3v) is 5.25. The Kier molecular flexibility index (Phi) is 6.15. The number of hydrogen-bond acceptors (Lipinski definition) is 5. The highest BCUT2D eigenvalue weighted by Gasteiger charge is 2.33. The van der Waals surface area contributed by atoms with Crippen LogP contribution in [0, 0.1) is 0 Å². The number of anilines is 1. The first-order valence-electron chi connectivity index (χ1n) is 10.1. The molecule has 1 atom stereocenters. The van der Waals surface area contributed by atoms with Crippen molar-refractivity contribution in [1.82, 2.24) is 24.6 Å². The predicted molar refractivity (Wildman–Crippen MR) is 107 cm³/mol. The van der Waals surface area contributed by atoms with E-state index in [-0.39, 0.29) is 12.0 Å². The van der Waals surface area contributed by atoms with Crippen LogP contribution in [0.1, 0.15) is 57.4 Å². The van der Waals surface area contributed by atoms with Crippen molar-refractivity contribution in [3.63, 3.8) is 0 Å². The topological polar surface area (TPSA) is 87.4 Å². The molecule has 11 heteroatoms. The molecule has 3 rings (SSSR count). The summed E-state index contributed by atoms with van der Waals surface area (Å²) in [5.74, 6) is 0.238. The van der Waals surface area contributed by atoms with Crippen molar-refractivity contribution in [1.29, 1.82) is 0 Å². The van der Waals surface area contributed by atoms with Gasteiger partial charge in [-0.1, -0.05) is 0 Å². The molecule has 8 nitrogen and oxygen atoms in total. The maximum absolute atomic E-state index is 12.7. The van der Waals surface area contributed by atoms with Crippen LogP contribution in [-0.4, -0.2) is 47.4 Å². The van der Waals surface area contributed by atoms with Crippen LogP contribution < -0.4 is 4.90 Å². The first kappa shape index (κ1) is 22.8. The number of nitrogens with zero attached hydrogens (tertiary/aromatic N) is 6. The Balaban J connectivity index is 1.54. The van der Waals surface area contributed by atoms with Gasteiger partial charge in [0.2, 0.25) is 5.95 Å². The van der Waals surface area contributed by atoms with Crippen molar-refractivity contribution < 1.29 is 23.1 Å². The second kappa shape index (κ2) is 8.35. The summed E-state index contributed by atoms with van der Waals surface area (Å²) in [6.45, 7) is 9.11. The van der Waals surface area contributed by atoms with Crippen LogP contribution in [-0.2, 0) is 25.8 Å². The lowest BCUT2D eigenvalue weighted by atomic mass is 10.0. The molecule has 2 aromatic heterocycles. The van der Waals surface area contributed by atoms with E-state index in [9.17, 15) is 23.1 Å². The number of carboxylic acid groups (broad SMARTS) is 1. The van der Waals surface area contributed by atoms with Gasteiger partial charge in [-0.3, -0.25) is 4.68 Å². The molecule has 3 heterocycles. The first-order valence-corrected chi connectivity index (χ1v) is 10.1. The van der Waals surface area contributed by atoms with Crippen LogP contribution in [0.3, 0.4) is 0 Å². The van der Waals surface area contributed by atoms with Gasteiger partial charge in [-0.25, -0.2) is 14.8 Å². The van der Waals surface area contributed by atoms with Crippen LogP contribution in [0.25, 0.3) is 0 Å². The van der Waals surface area contributed by atoms with E-state index in [1.165, 1.54) is 4.90 Å². The molecular weight excluding hydrogens is 413 g/mol. The van der Waals surface area contributed by atoms with Crippen molar-refractivity contribution in [3.8, 4) is 0 Å². The average molecular weight is 440 g/mol. The number of alkyl halides is 3. The molecule has 1 aliphatic rings. The molecule has 2 aromatic rings. The van der Waals surface area contributed by atoms with Gasteiger partial charge in [0.25, 0.3) is 0 Å². The maximum Gasteiger partial charge on any atom is 0.419 e. The number of carbonyl (C=O) groups is 1. The molecule has 0 bridgehead atoms. The molecule has 0 spiro atoms. The van der Waals surface area contributed by atoms with E-state index in [0.717, 1.165) is 30.1 Å². The molecule has 1 amide bonds. The van der Waals surface area contributed by atoms with Crippen LogP contribution in [0.2, 0.25) is 0 Å². The minimum absolute atomic E-state index is 0.118. The van der Waals surface area contributed by atoms with Crippen molar-refractivity contribution in [2.45, 2.75) is 77.9 Å². The third-order valence-electron chi connectivity index (χ3n) is 5.25. The van der Waals surface area contributed by atoms with Gasteiger partial charge in [0.15, 0.2) is 0 Å². The Morgan fingerprint density at radius 3 is 2.39 bits per heavy atom. The number of hydrogen-bond donors (Lipinski definition) is 1. The van der Waals surface area contributed by atoms with E-state index < -0.39 is 23.4 Å². The van der Waals surface area contributed by atoms with Gasteiger partial charge in [0.1, 0.15) is 0 Å². The third kappa shape index (κ3) is 5.26. The number of halogens is 3. The Hall–Kier alpha value is -2.85. The lowest BCUT2D eigenvalue weighted by Gasteiger charge is -2.38. The lowest BCUT2D eigenvalue weighted by molar-refractivity contribution is -0.138. The molecule has 0 saturated carbocycles. The molecule has 31 heavy (non-hydrogen) atoms. The van der Waals surface area contributed by atoms with Gasteiger partial charge in [-0.2, -0.15) is 18.3 Å². The molecule has 1 aliphatic heterocycles.